The van der Waals surface area contributed by atoms with Gasteiger partial charge in [0.15, 0.2) is 0 Å². The Morgan fingerprint density at radius 1 is 1.16 bits per heavy atom. The Morgan fingerprint density at radius 2 is 1.92 bits per heavy atom. The van der Waals surface area contributed by atoms with Crippen LogP contribution in [0.3, 0.4) is 0 Å². The van der Waals surface area contributed by atoms with E-state index in [0.717, 1.165) is 50.4 Å². The van der Waals surface area contributed by atoms with Crippen molar-refractivity contribution in [1.29, 1.82) is 0 Å². The Kier molecular flexibility index (Phi) is 8.23. The van der Waals surface area contributed by atoms with Gasteiger partial charge in [-0.2, -0.15) is 0 Å². The first-order chi connectivity index (χ1) is 18.4. The van der Waals surface area contributed by atoms with Crippen molar-refractivity contribution in [3.63, 3.8) is 0 Å². The second kappa shape index (κ2) is 11.8. The van der Waals surface area contributed by atoms with Crippen molar-refractivity contribution in [2.75, 3.05) is 44.7 Å². The number of amides is 1. The summed E-state index contributed by atoms with van der Waals surface area (Å²) in [6, 6.07) is 13.3. The second-order valence-electron chi connectivity index (χ2n) is 9.44. The number of rotatable bonds is 8. The van der Waals surface area contributed by atoms with Gasteiger partial charge < -0.3 is 10.1 Å². The van der Waals surface area contributed by atoms with E-state index in [2.05, 4.69) is 10.2 Å². The topological polar surface area (TPSA) is 79.2 Å². The molecule has 2 aliphatic rings. The van der Waals surface area contributed by atoms with E-state index < -0.39 is 0 Å². The van der Waals surface area contributed by atoms with Crippen LogP contribution in [0, 0.1) is 6.92 Å². The van der Waals surface area contributed by atoms with Gasteiger partial charge in [0.1, 0.15) is 15.8 Å². The molecule has 0 aliphatic carbocycles. The van der Waals surface area contributed by atoms with E-state index in [1.807, 2.05) is 56.3 Å². The molecule has 8 nitrogen and oxygen atoms in total. The van der Waals surface area contributed by atoms with Crippen LogP contribution in [0.4, 0.5) is 5.82 Å². The minimum Gasteiger partial charge on any atom is -0.379 e. The lowest BCUT2D eigenvalue weighted by molar-refractivity contribution is -0.123. The molecule has 2 saturated heterocycles. The van der Waals surface area contributed by atoms with Gasteiger partial charge in [-0.25, -0.2) is 4.98 Å². The molecule has 4 heterocycles. The van der Waals surface area contributed by atoms with E-state index in [9.17, 15) is 9.59 Å². The highest BCUT2D eigenvalue weighted by atomic mass is 32.2. The summed E-state index contributed by atoms with van der Waals surface area (Å²) in [5.74, 6) is 0.274. The summed E-state index contributed by atoms with van der Waals surface area (Å²) in [4.78, 5) is 36.4. The van der Waals surface area contributed by atoms with Gasteiger partial charge in [-0.1, -0.05) is 60.4 Å². The third-order valence-corrected chi connectivity index (χ3v) is 8.23. The molecular formula is C28H31N5O3S2. The zero-order valence-electron chi connectivity index (χ0n) is 21.6. The number of thiocarbonyl (C=S) groups is 1. The smallest absolute Gasteiger partial charge is 0.267 e. The van der Waals surface area contributed by atoms with Crippen molar-refractivity contribution >= 4 is 51.7 Å². The van der Waals surface area contributed by atoms with Crippen LogP contribution in [0.25, 0.3) is 11.7 Å². The standard InChI is InChI=1S/C28H31N5O3S2/c1-19-8-6-13-32-25(19)30-24(29-11-7-12-31-14-16-36-17-15-31)22(26(32)34)18-23-27(35)33(28(37)38-23)20(2)21-9-4-3-5-10-21/h3-6,8-10,13,18,20,29H,7,11-12,14-17H2,1-2H3/b23-18-/t20-/m1/s1. The fraction of sp³-hybridized carbons (Fsp3) is 0.357. The average molecular weight is 550 g/mol. The summed E-state index contributed by atoms with van der Waals surface area (Å²) in [5, 5.41) is 3.38. The highest BCUT2D eigenvalue weighted by Gasteiger charge is 2.36. The minimum absolute atomic E-state index is 0.205. The van der Waals surface area contributed by atoms with E-state index in [1.54, 1.807) is 17.2 Å². The largest absolute Gasteiger partial charge is 0.379 e. The maximum atomic E-state index is 13.6. The zero-order valence-corrected chi connectivity index (χ0v) is 23.2. The van der Waals surface area contributed by atoms with Crippen LogP contribution in [0.15, 0.2) is 58.4 Å². The predicted molar refractivity (Wildman–Crippen MR) is 156 cm³/mol. The van der Waals surface area contributed by atoms with Crippen LogP contribution >= 0.6 is 24.0 Å². The molecular weight excluding hydrogens is 518 g/mol. The van der Waals surface area contributed by atoms with E-state index in [4.69, 9.17) is 21.9 Å². The molecule has 0 bridgehead atoms. The van der Waals surface area contributed by atoms with Gasteiger partial charge >= 0.3 is 0 Å². The SMILES string of the molecule is Cc1cccn2c(=O)c(/C=C3\SC(=S)N([C@H](C)c4ccccc4)C3=O)c(NCCCN3CCOCC3)nc12. The molecule has 1 aromatic carbocycles. The van der Waals surface area contributed by atoms with Crippen LogP contribution in [0.1, 0.15) is 36.1 Å². The molecule has 198 valence electrons. The molecule has 5 rings (SSSR count). The number of aromatic nitrogens is 2. The van der Waals surface area contributed by atoms with Crippen LogP contribution < -0.4 is 10.9 Å². The number of nitrogens with zero attached hydrogens (tertiary/aromatic N) is 4. The van der Waals surface area contributed by atoms with Gasteiger partial charge in [0.05, 0.1) is 29.7 Å². The summed E-state index contributed by atoms with van der Waals surface area (Å²) in [7, 11) is 0. The number of thioether (sulfide) groups is 1. The highest BCUT2D eigenvalue weighted by Crippen LogP contribution is 2.38. The molecule has 3 aromatic rings. The van der Waals surface area contributed by atoms with Gasteiger partial charge in [-0.05, 0) is 50.1 Å². The number of carbonyl (C=O) groups excluding carboxylic acids is 1. The molecule has 10 heteroatoms. The third-order valence-electron chi connectivity index (χ3n) is 6.90. The minimum atomic E-state index is -0.226. The number of benzene rings is 1. The Balaban J connectivity index is 1.44. The number of carbonyl (C=O) groups is 1. The van der Waals surface area contributed by atoms with Crippen molar-refractivity contribution in [3.8, 4) is 0 Å². The summed E-state index contributed by atoms with van der Waals surface area (Å²) in [5.41, 5.74) is 2.62. The first-order valence-corrected chi connectivity index (χ1v) is 14.0. The van der Waals surface area contributed by atoms with Crippen molar-refractivity contribution in [3.05, 3.63) is 80.6 Å². The van der Waals surface area contributed by atoms with E-state index in [0.29, 0.717) is 32.8 Å². The first kappa shape index (κ1) is 26.6. The molecule has 1 atom stereocenters. The molecule has 38 heavy (non-hydrogen) atoms. The third kappa shape index (κ3) is 5.54. The Bertz CT molecular complexity index is 1430. The normalized spacial score (nSPS) is 18.5. The number of aryl methyl sites for hydroxylation is 1. The van der Waals surface area contributed by atoms with Gasteiger partial charge in [0, 0.05) is 25.8 Å². The number of nitrogens with one attached hydrogen (secondary N) is 1. The molecule has 2 fully saturated rings. The number of morpholine rings is 1. The van der Waals surface area contributed by atoms with Crippen LogP contribution in [-0.4, -0.2) is 68.8 Å². The Labute approximate surface area is 231 Å². The van der Waals surface area contributed by atoms with Crippen molar-refractivity contribution in [1.82, 2.24) is 19.2 Å². The number of anilines is 1. The highest BCUT2D eigenvalue weighted by molar-refractivity contribution is 8.26. The van der Waals surface area contributed by atoms with E-state index >= 15 is 0 Å². The van der Waals surface area contributed by atoms with Crippen molar-refractivity contribution in [2.45, 2.75) is 26.3 Å². The number of hydrogen-bond donors (Lipinski definition) is 1. The van der Waals surface area contributed by atoms with Crippen molar-refractivity contribution in [2.24, 2.45) is 0 Å². The monoisotopic (exact) mass is 549 g/mol. The number of hydrogen-bond acceptors (Lipinski definition) is 8. The summed E-state index contributed by atoms with van der Waals surface area (Å²) >= 11 is 6.81. The van der Waals surface area contributed by atoms with Gasteiger partial charge in [-0.3, -0.25) is 23.8 Å². The molecule has 0 spiro atoms. The molecule has 1 amide bonds. The Hall–Kier alpha value is -3.05. The van der Waals surface area contributed by atoms with E-state index in [1.165, 1.54) is 16.2 Å². The molecule has 0 radical (unpaired) electrons. The lowest BCUT2D eigenvalue weighted by Gasteiger charge is -2.26. The van der Waals surface area contributed by atoms with Crippen LogP contribution in [0.2, 0.25) is 0 Å². The maximum Gasteiger partial charge on any atom is 0.267 e. The summed E-state index contributed by atoms with van der Waals surface area (Å²) in [6.45, 7) is 8.87. The molecule has 1 N–H and O–H groups in total. The van der Waals surface area contributed by atoms with Crippen LogP contribution in [-0.2, 0) is 9.53 Å². The number of fused-ring (bicyclic) bond motifs is 1. The second-order valence-corrected chi connectivity index (χ2v) is 11.1. The Morgan fingerprint density at radius 3 is 2.68 bits per heavy atom. The lowest BCUT2D eigenvalue weighted by Crippen LogP contribution is -2.37. The first-order valence-electron chi connectivity index (χ1n) is 12.8. The number of ether oxygens (including phenoxy) is 1. The quantitative estimate of drug-likeness (QED) is 0.256. The van der Waals surface area contributed by atoms with Gasteiger partial charge in [-0.15, -0.1) is 0 Å². The summed E-state index contributed by atoms with van der Waals surface area (Å²) < 4.78 is 7.44. The van der Waals surface area contributed by atoms with Gasteiger partial charge in [0.2, 0.25) is 0 Å². The fourth-order valence-electron chi connectivity index (χ4n) is 4.74. The maximum absolute atomic E-state index is 13.6. The molecule has 0 unspecified atom stereocenters. The van der Waals surface area contributed by atoms with Gasteiger partial charge in [0.25, 0.3) is 11.5 Å². The molecule has 0 saturated carbocycles. The molecule has 2 aliphatic heterocycles. The van der Waals surface area contributed by atoms with Crippen molar-refractivity contribution < 1.29 is 9.53 Å². The lowest BCUT2D eigenvalue weighted by atomic mass is 10.1. The van der Waals surface area contributed by atoms with Crippen LogP contribution in [0.5, 0.6) is 0 Å². The summed E-state index contributed by atoms with van der Waals surface area (Å²) in [6.07, 6.45) is 4.25. The number of pyridine rings is 1. The fourth-order valence-corrected chi connectivity index (χ4v) is 6.14. The predicted octanol–water partition coefficient (Wildman–Crippen LogP) is 4.10. The average Bonchev–Trinajstić information content (AvgIpc) is 3.22. The van der Waals surface area contributed by atoms with E-state index in [-0.39, 0.29) is 17.5 Å². The zero-order chi connectivity index (χ0) is 26.6. The molecule has 2 aromatic heterocycles.